The maximum absolute atomic E-state index is 4.20. The van der Waals surface area contributed by atoms with E-state index < -0.39 is 0 Å². The van der Waals surface area contributed by atoms with Gasteiger partial charge in [-0.1, -0.05) is 0 Å². The molecule has 2 aromatic rings. The van der Waals surface area contributed by atoms with Crippen LogP contribution in [0.25, 0.3) is 0 Å². The first-order chi connectivity index (χ1) is 6.74. The third-order valence-electron chi connectivity index (χ3n) is 1.69. The zero-order valence-corrected chi connectivity index (χ0v) is 9.19. The van der Waals surface area contributed by atoms with Crippen molar-refractivity contribution >= 4 is 27.4 Å². The van der Waals surface area contributed by atoms with Gasteiger partial charge in [0.1, 0.15) is 0 Å². The van der Waals surface area contributed by atoms with Crippen molar-refractivity contribution in [3.8, 4) is 0 Å². The lowest BCUT2D eigenvalue weighted by Gasteiger charge is -2.01. The lowest BCUT2D eigenvalue weighted by molar-refractivity contribution is 0.771. The molecule has 0 spiro atoms. The Bertz CT molecular complexity index is 438. The van der Waals surface area contributed by atoms with Crippen molar-refractivity contribution in [2.45, 2.75) is 0 Å². The highest BCUT2D eigenvalue weighted by molar-refractivity contribution is 9.10. The van der Waals surface area contributed by atoms with Crippen molar-refractivity contribution in [1.29, 1.82) is 0 Å². The molecule has 0 aliphatic rings. The largest absolute Gasteiger partial charge is 0.337 e. The SMILES string of the molecule is Cn1ccc(Nc2cncc(Br)c2)n1. The Kier molecular flexibility index (Phi) is 2.49. The van der Waals surface area contributed by atoms with Gasteiger partial charge < -0.3 is 5.32 Å². The van der Waals surface area contributed by atoms with Gasteiger partial charge in [0.25, 0.3) is 0 Å². The molecule has 0 unspecified atom stereocenters. The zero-order chi connectivity index (χ0) is 9.97. The average Bonchev–Trinajstić information content (AvgIpc) is 2.51. The number of hydrogen-bond acceptors (Lipinski definition) is 3. The number of anilines is 2. The fourth-order valence-corrected chi connectivity index (χ4v) is 1.47. The van der Waals surface area contributed by atoms with E-state index in [1.165, 1.54) is 0 Å². The Morgan fingerprint density at radius 1 is 1.43 bits per heavy atom. The van der Waals surface area contributed by atoms with Crippen LogP contribution in [0.15, 0.2) is 35.2 Å². The number of hydrogen-bond donors (Lipinski definition) is 1. The van der Waals surface area contributed by atoms with Crippen molar-refractivity contribution in [1.82, 2.24) is 14.8 Å². The molecule has 5 heteroatoms. The molecule has 0 bridgehead atoms. The highest BCUT2D eigenvalue weighted by Gasteiger charge is 1.97. The van der Waals surface area contributed by atoms with Crippen LogP contribution in [0.5, 0.6) is 0 Å². The number of rotatable bonds is 2. The highest BCUT2D eigenvalue weighted by atomic mass is 79.9. The molecule has 2 rings (SSSR count). The molecular weight excluding hydrogens is 244 g/mol. The van der Waals surface area contributed by atoms with Gasteiger partial charge >= 0.3 is 0 Å². The summed E-state index contributed by atoms with van der Waals surface area (Å²) in [6, 6.07) is 3.85. The summed E-state index contributed by atoms with van der Waals surface area (Å²) in [7, 11) is 1.88. The van der Waals surface area contributed by atoms with Crippen LogP contribution in [0.4, 0.5) is 11.5 Å². The summed E-state index contributed by atoms with van der Waals surface area (Å²) in [5, 5.41) is 7.34. The van der Waals surface area contributed by atoms with E-state index >= 15 is 0 Å². The molecule has 0 saturated carbocycles. The first-order valence-electron chi connectivity index (χ1n) is 4.11. The number of nitrogens with one attached hydrogen (secondary N) is 1. The molecule has 72 valence electrons. The normalized spacial score (nSPS) is 10.1. The second-order valence-corrected chi connectivity index (χ2v) is 3.81. The first kappa shape index (κ1) is 9.21. The summed E-state index contributed by atoms with van der Waals surface area (Å²) in [5.74, 6) is 0.812. The molecular formula is C9H9BrN4. The Balaban J connectivity index is 2.18. The van der Waals surface area contributed by atoms with E-state index in [9.17, 15) is 0 Å². The van der Waals surface area contributed by atoms with Gasteiger partial charge in [0, 0.05) is 30.0 Å². The molecule has 1 N–H and O–H groups in total. The second-order valence-electron chi connectivity index (χ2n) is 2.89. The molecule has 0 aliphatic heterocycles. The standard InChI is InChI=1S/C9H9BrN4/c1-14-3-2-9(13-14)12-8-4-7(10)5-11-6-8/h2-6H,1H3,(H,12,13). The minimum absolute atomic E-state index is 0.812. The number of halogens is 1. The predicted octanol–water partition coefficient (Wildman–Crippen LogP) is 2.32. The summed E-state index contributed by atoms with van der Waals surface area (Å²) in [6.45, 7) is 0. The lowest BCUT2D eigenvalue weighted by Crippen LogP contribution is -1.94. The quantitative estimate of drug-likeness (QED) is 0.893. The highest BCUT2D eigenvalue weighted by Crippen LogP contribution is 2.17. The van der Waals surface area contributed by atoms with E-state index in [4.69, 9.17) is 0 Å². The Morgan fingerprint density at radius 3 is 2.93 bits per heavy atom. The van der Waals surface area contributed by atoms with Crippen LogP contribution in [-0.4, -0.2) is 14.8 Å². The maximum Gasteiger partial charge on any atom is 0.152 e. The van der Waals surface area contributed by atoms with Crippen LogP contribution in [-0.2, 0) is 7.05 Å². The van der Waals surface area contributed by atoms with Crippen molar-refractivity contribution in [2.24, 2.45) is 7.05 Å². The van der Waals surface area contributed by atoms with E-state index in [1.807, 2.05) is 25.4 Å². The average molecular weight is 253 g/mol. The number of aryl methyl sites for hydroxylation is 1. The molecule has 2 heterocycles. The van der Waals surface area contributed by atoms with Gasteiger partial charge in [-0.3, -0.25) is 9.67 Å². The van der Waals surface area contributed by atoms with Gasteiger partial charge in [-0.2, -0.15) is 5.10 Å². The lowest BCUT2D eigenvalue weighted by atomic mass is 10.4. The van der Waals surface area contributed by atoms with Crippen molar-refractivity contribution in [3.05, 3.63) is 35.2 Å². The van der Waals surface area contributed by atoms with Gasteiger partial charge in [-0.15, -0.1) is 0 Å². The molecule has 0 saturated heterocycles. The van der Waals surface area contributed by atoms with E-state index in [1.54, 1.807) is 17.1 Å². The Labute approximate surface area is 90.1 Å². The molecule has 4 nitrogen and oxygen atoms in total. The summed E-state index contributed by atoms with van der Waals surface area (Å²) in [4.78, 5) is 4.04. The summed E-state index contributed by atoms with van der Waals surface area (Å²) in [5.41, 5.74) is 0.915. The second kappa shape index (κ2) is 3.79. The summed E-state index contributed by atoms with van der Waals surface area (Å²) >= 11 is 3.35. The smallest absolute Gasteiger partial charge is 0.152 e. The van der Waals surface area contributed by atoms with Crippen LogP contribution in [0.3, 0.4) is 0 Å². The van der Waals surface area contributed by atoms with E-state index in [0.717, 1.165) is 16.0 Å². The van der Waals surface area contributed by atoms with E-state index in [0.29, 0.717) is 0 Å². The van der Waals surface area contributed by atoms with Gasteiger partial charge in [0.05, 0.1) is 11.9 Å². The van der Waals surface area contributed by atoms with Crippen LogP contribution >= 0.6 is 15.9 Å². The predicted molar refractivity (Wildman–Crippen MR) is 58.4 cm³/mol. The molecule has 2 aromatic heterocycles. The minimum atomic E-state index is 0.812. The number of aromatic nitrogens is 3. The van der Waals surface area contributed by atoms with E-state index in [2.05, 4.69) is 31.3 Å². The molecule has 0 radical (unpaired) electrons. The fraction of sp³-hybridized carbons (Fsp3) is 0.111. The maximum atomic E-state index is 4.20. The molecule has 0 aromatic carbocycles. The van der Waals surface area contributed by atoms with Gasteiger partial charge in [0.2, 0.25) is 0 Å². The first-order valence-corrected chi connectivity index (χ1v) is 4.90. The van der Waals surface area contributed by atoms with Crippen molar-refractivity contribution in [2.75, 3.05) is 5.32 Å². The van der Waals surface area contributed by atoms with Gasteiger partial charge in [-0.25, -0.2) is 0 Å². The van der Waals surface area contributed by atoms with Crippen LogP contribution < -0.4 is 5.32 Å². The third-order valence-corrected chi connectivity index (χ3v) is 2.12. The molecule has 0 fully saturated rings. The number of nitrogens with zero attached hydrogens (tertiary/aromatic N) is 3. The summed E-state index contributed by atoms with van der Waals surface area (Å²) in [6.07, 6.45) is 5.37. The Hall–Kier alpha value is -1.36. The van der Waals surface area contributed by atoms with Crippen LogP contribution in [0.2, 0.25) is 0 Å². The minimum Gasteiger partial charge on any atom is -0.337 e. The molecule has 14 heavy (non-hydrogen) atoms. The van der Waals surface area contributed by atoms with Crippen molar-refractivity contribution in [3.63, 3.8) is 0 Å². The summed E-state index contributed by atoms with van der Waals surface area (Å²) < 4.78 is 2.69. The molecule has 0 amide bonds. The topological polar surface area (TPSA) is 42.7 Å². The third kappa shape index (κ3) is 2.11. The van der Waals surface area contributed by atoms with Crippen molar-refractivity contribution < 1.29 is 0 Å². The van der Waals surface area contributed by atoms with E-state index in [-0.39, 0.29) is 0 Å². The fourth-order valence-electron chi connectivity index (χ4n) is 1.11. The monoisotopic (exact) mass is 252 g/mol. The Morgan fingerprint density at radius 2 is 2.29 bits per heavy atom. The number of pyridine rings is 1. The van der Waals surface area contributed by atoms with Gasteiger partial charge in [0.15, 0.2) is 5.82 Å². The van der Waals surface area contributed by atoms with Crippen LogP contribution in [0, 0.1) is 0 Å². The van der Waals surface area contributed by atoms with Crippen LogP contribution in [0.1, 0.15) is 0 Å². The molecule has 0 aliphatic carbocycles. The zero-order valence-electron chi connectivity index (χ0n) is 7.61. The molecule has 0 atom stereocenters. The van der Waals surface area contributed by atoms with Gasteiger partial charge in [-0.05, 0) is 22.0 Å².